The maximum atomic E-state index is 7.06. The summed E-state index contributed by atoms with van der Waals surface area (Å²) in [7, 11) is 0. The van der Waals surface area contributed by atoms with E-state index in [9.17, 15) is 0 Å². The monoisotopic (exact) mass is 722 g/mol. The molecule has 0 N–H and O–H groups in total. The number of hydrogen-bond donors (Lipinski definition) is 0. The highest BCUT2D eigenvalue weighted by atomic mass is 17.2. The molecule has 0 radical (unpaired) electrons. The van der Waals surface area contributed by atoms with E-state index in [0.29, 0.717) is 0 Å². The molecule has 2 aliphatic carbocycles. The summed E-state index contributed by atoms with van der Waals surface area (Å²) in [5, 5.41) is 0. The van der Waals surface area contributed by atoms with Gasteiger partial charge >= 0.3 is 0 Å². The van der Waals surface area contributed by atoms with Gasteiger partial charge < -0.3 is 0 Å². The van der Waals surface area contributed by atoms with Gasteiger partial charge in [0.05, 0.1) is 0 Å². The van der Waals surface area contributed by atoms with Crippen molar-refractivity contribution in [3.63, 3.8) is 0 Å². The van der Waals surface area contributed by atoms with E-state index in [-0.39, 0.29) is 0 Å². The van der Waals surface area contributed by atoms with Gasteiger partial charge in [-0.15, -0.1) is 0 Å². The molecule has 0 bridgehead atoms. The Morgan fingerprint density at radius 3 is 1.02 bits per heavy atom. The van der Waals surface area contributed by atoms with Crippen molar-refractivity contribution in [1.82, 2.24) is 0 Å². The minimum Gasteiger partial charge on any atom is -0.289 e. The van der Waals surface area contributed by atoms with E-state index in [1.54, 1.807) is 0 Å². The Hall–Kier alpha value is -6.64. The van der Waals surface area contributed by atoms with Crippen LogP contribution >= 0.6 is 0 Å². The molecular weight excluding hydrogens is 681 g/mol. The normalized spacial score (nSPS) is 12.1. The first-order valence-electron chi connectivity index (χ1n) is 19.8. The summed E-state index contributed by atoms with van der Waals surface area (Å²) in [6.45, 7) is 0. The van der Waals surface area contributed by atoms with Crippen molar-refractivity contribution in [2.45, 2.75) is 38.5 Å². The second-order valence-electron chi connectivity index (χ2n) is 15.2. The Morgan fingerprint density at radius 2 is 0.643 bits per heavy atom. The van der Waals surface area contributed by atoms with Crippen LogP contribution in [0.2, 0.25) is 0 Å². The van der Waals surface area contributed by atoms with Crippen LogP contribution in [0.5, 0.6) is 11.5 Å². The maximum Gasteiger partial charge on any atom is 0.186 e. The van der Waals surface area contributed by atoms with E-state index in [4.69, 9.17) is 9.78 Å². The van der Waals surface area contributed by atoms with E-state index in [1.807, 2.05) is 0 Å². The number of hydrogen-bond acceptors (Lipinski definition) is 2. The van der Waals surface area contributed by atoms with Crippen LogP contribution in [0.1, 0.15) is 66.8 Å². The summed E-state index contributed by atoms with van der Waals surface area (Å²) >= 11 is 0. The Kier molecular flexibility index (Phi) is 9.01. The van der Waals surface area contributed by atoms with Gasteiger partial charge in [-0.05, 0) is 91.7 Å². The molecule has 0 saturated carbocycles. The van der Waals surface area contributed by atoms with Crippen LogP contribution in [0.15, 0.2) is 182 Å². The van der Waals surface area contributed by atoms with Gasteiger partial charge in [0.2, 0.25) is 0 Å². The van der Waals surface area contributed by atoms with Gasteiger partial charge in [-0.3, -0.25) is 9.78 Å². The molecule has 0 amide bonds. The number of fused-ring (bicyclic) bond motifs is 6. The SMILES string of the molecule is c1ccc(Cc2cc3c(c(OOc4c(Cc5ccccc5)c(Cc5ccccc5)cc5c4Cc4ccccc4-5)c2Cc2ccccc2)Cc2ccccc2-3)cc1. The molecule has 10 rings (SSSR count). The molecule has 2 aliphatic rings. The van der Waals surface area contributed by atoms with Crippen LogP contribution < -0.4 is 9.78 Å². The molecule has 0 heterocycles. The topological polar surface area (TPSA) is 18.5 Å². The zero-order valence-corrected chi connectivity index (χ0v) is 31.4. The Morgan fingerprint density at radius 1 is 0.321 bits per heavy atom. The smallest absolute Gasteiger partial charge is 0.186 e. The third-order valence-corrected chi connectivity index (χ3v) is 11.6. The average Bonchev–Trinajstić information content (AvgIpc) is 3.81. The summed E-state index contributed by atoms with van der Waals surface area (Å²) in [6, 6.07) is 65.6. The second-order valence-corrected chi connectivity index (χ2v) is 15.2. The van der Waals surface area contributed by atoms with Crippen LogP contribution in [0.4, 0.5) is 0 Å². The van der Waals surface area contributed by atoms with Crippen molar-refractivity contribution in [2.75, 3.05) is 0 Å². The molecular formula is C54H42O2. The first-order valence-corrected chi connectivity index (χ1v) is 19.8. The maximum absolute atomic E-state index is 7.06. The Labute approximate surface area is 329 Å². The lowest BCUT2D eigenvalue weighted by molar-refractivity contribution is -0.103. The van der Waals surface area contributed by atoms with E-state index >= 15 is 0 Å². The summed E-state index contributed by atoms with van der Waals surface area (Å²) in [5.74, 6) is 1.69. The minimum atomic E-state index is 0.736. The molecule has 0 spiro atoms. The molecule has 8 aromatic rings. The molecule has 2 heteroatoms. The van der Waals surface area contributed by atoms with Crippen molar-refractivity contribution in [2.24, 2.45) is 0 Å². The van der Waals surface area contributed by atoms with Gasteiger partial charge in [-0.2, -0.15) is 0 Å². The fourth-order valence-corrected chi connectivity index (χ4v) is 8.90. The van der Waals surface area contributed by atoms with Crippen LogP contribution in [0, 0.1) is 0 Å². The van der Waals surface area contributed by atoms with Crippen molar-refractivity contribution >= 4 is 0 Å². The van der Waals surface area contributed by atoms with Gasteiger partial charge in [-0.25, -0.2) is 0 Å². The molecule has 0 atom stereocenters. The summed E-state index contributed by atoms with van der Waals surface area (Å²) < 4.78 is 0. The van der Waals surface area contributed by atoms with Crippen LogP contribution in [0.25, 0.3) is 22.3 Å². The number of rotatable bonds is 11. The van der Waals surface area contributed by atoms with Gasteiger partial charge in [0.1, 0.15) is 0 Å². The molecule has 0 unspecified atom stereocenters. The van der Waals surface area contributed by atoms with Gasteiger partial charge in [0.25, 0.3) is 0 Å². The summed E-state index contributed by atoms with van der Waals surface area (Å²) in [6.07, 6.45) is 4.66. The van der Waals surface area contributed by atoms with E-state index < -0.39 is 0 Å². The van der Waals surface area contributed by atoms with E-state index in [1.165, 1.54) is 89.0 Å². The zero-order valence-electron chi connectivity index (χ0n) is 31.4. The van der Waals surface area contributed by atoms with E-state index in [2.05, 4.69) is 182 Å². The highest BCUT2D eigenvalue weighted by Crippen LogP contribution is 2.48. The Bertz CT molecular complexity index is 2480. The lowest BCUT2D eigenvalue weighted by Crippen LogP contribution is -2.13. The fraction of sp³-hybridized carbons (Fsp3) is 0.111. The van der Waals surface area contributed by atoms with Gasteiger partial charge in [0.15, 0.2) is 11.5 Å². The first-order chi connectivity index (χ1) is 27.7. The quantitative estimate of drug-likeness (QED) is 0.0977. The molecule has 270 valence electrons. The second kappa shape index (κ2) is 14.9. The minimum absolute atomic E-state index is 0.736. The van der Waals surface area contributed by atoms with Crippen LogP contribution in [0.3, 0.4) is 0 Å². The van der Waals surface area contributed by atoms with Gasteiger partial charge in [-0.1, -0.05) is 170 Å². The van der Waals surface area contributed by atoms with Crippen LogP contribution in [-0.2, 0) is 38.5 Å². The highest BCUT2D eigenvalue weighted by molar-refractivity contribution is 5.82. The predicted molar refractivity (Wildman–Crippen MR) is 228 cm³/mol. The number of benzene rings is 8. The Balaban J connectivity index is 1.16. The standard InChI is InChI=1S/C54H42O2/c1-5-17-37(18-6-1)29-43-35-49-45-27-15-13-25-41(45)33-51(49)53(47(43)31-39-21-9-3-10-22-39)55-56-54-48(32-40-23-11-4-12-24-40)44(30-38-19-7-2-8-20-38)36-50-46-28-16-14-26-42(46)34-52(50)54/h1-28,35-36H,29-34H2. The van der Waals surface area contributed by atoms with Crippen LogP contribution in [-0.4, -0.2) is 0 Å². The molecule has 0 fully saturated rings. The third kappa shape index (κ3) is 6.58. The summed E-state index contributed by atoms with van der Waals surface area (Å²) in [4.78, 5) is 14.1. The summed E-state index contributed by atoms with van der Waals surface area (Å²) in [5.41, 5.74) is 20.0. The van der Waals surface area contributed by atoms with Crippen molar-refractivity contribution < 1.29 is 9.78 Å². The first kappa shape index (κ1) is 33.9. The molecule has 8 aromatic carbocycles. The van der Waals surface area contributed by atoms with Crippen molar-refractivity contribution in [3.8, 4) is 33.8 Å². The molecule has 0 aliphatic heterocycles. The predicted octanol–water partition coefficient (Wildman–Crippen LogP) is 12.6. The molecule has 0 saturated heterocycles. The largest absolute Gasteiger partial charge is 0.289 e. The van der Waals surface area contributed by atoms with Crippen molar-refractivity contribution in [3.05, 3.63) is 249 Å². The zero-order chi connectivity index (χ0) is 37.3. The fourth-order valence-electron chi connectivity index (χ4n) is 8.90. The lowest BCUT2D eigenvalue weighted by atomic mass is 9.89. The average molecular weight is 723 g/mol. The molecule has 56 heavy (non-hydrogen) atoms. The lowest BCUT2D eigenvalue weighted by Gasteiger charge is -2.23. The third-order valence-electron chi connectivity index (χ3n) is 11.6. The van der Waals surface area contributed by atoms with Crippen molar-refractivity contribution in [1.29, 1.82) is 0 Å². The highest BCUT2D eigenvalue weighted by Gasteiger charge is 2.31. The van der Waals surface area contributed by atoms with Gasteiger partial charge in [0, 0.05) is 47.9 Å². The molecule has 0 aromatic heterocycles. The molecule has 2 nitrogen and oxygen atoms in total. The van der Waals surface area contributed by atoms with E-state index in [0.717, 1.165) is 50.0 Å².